The Bertz CT molecular complexity index is 846. The van der Waals surface area contributed by atoms with E-state index in [0.29, 0.717) is 21.2 Å². The van der Waals surface area contributed by atoms with E-state index in [1.165, 1.54) is 23.2 Å². The van der Waals surface area contributed by atoms with E-state index >= 15 is 0 Å². The van der Waals surface area contributed by atoms with Crippen molar-refractivity contribution in [3.8, 4) is 5.69 Å². The summed E-state index contributed by atoms with van der Waals surface area (Å²) in [5.41, 5.74) is 0.348. The van der Waals surface area contributed by atoms with Crippen molar-refractivity contribution >= 4 is 35.5 Å². The van der Waals surface area contributed by atoms with E-state index < -0.39 is 23.5 Å². The molecule has 0 radical (unpaired) electrons. The van der Waals surface area contributed by atoms with Crippen molar-refractivity contribution in [3.05, 3.63) is 40.8 Å². The zero-order chi connectivity index (χ0) is 17.3. The first-order valence-corrected chi connectivity index (χ1v) is 7.19. The number of carboxylic acids is 1. The average molecular weight is 348 g/mol. The molecule has 1 fully saturated rings. The van der Waals surface area contributed by atoms with Crippen LogP contribution in [0, 0.1) is 0 Å². The highest BCUT2D eigenvalue weighted by molar-refractivity contribution is 6.30. The van der Waals surface area contributed by atoms with E-state index in [0.717, 1.165) is 0 Å². The third-order valence-corrected chi connectivity index (χ3v) is 3.62. The van der Waals surface area contributed by atoms with Crippen molar-refractivity contribution in [2.75, 3.05) is 0 Å². The molecule has 1 aromatic carbocycles. The molecule has 2 heterocycles. The Morgan fingerprint density at radius 1 is 1.25 bits per heavy atom. The molecule has 0 spiro atoms. The van der Waals surface area contributed by atoms with Crippen molar-refractivity contribution in [3.63, 3.8) is 0 Å². The summed E-state index contributed by atoms with van der Waals surface area (Å²) in [6, 6.07) is 4.67. The number of tetrazole rings is 1. The number of benzene rings is 1. The van der Waals surface area contributed by atoms with Crippen LogP contribution < -0.4 is 0 Å². The van der Waals surface area contributed by atoms with Gasteiger partial charge in [-0.3, -0.25) is 9.59 Å². The summed E-state index contributed by atoms with van der Waals surface area (Å²) in [6.45, 7) is 0. The lowest BCUT2D eigenvalue weighted by Crippen LogP contribution is -2.32. The van der Waals surface area contributed by atoms with Crippen LogP contribution in [0.5, 0.6) is 0 Å². The second kappa shape index (κ2) is 6.20. The third kappa shape index (κ3) is 2.88. The normalized spacial score (nSPS) is 15.2. The highest BCUT2D eigenvalue weighted by Crippen LogP contribution is 2.25. The summed E-state index contributed by atoms with van der Waals surface area (Å²) in [7, 11) is 0. The molecule has 9 nitrogen and oxygen atoms in total. The fourth-order valence-corrected chi connectivity index (χ4v) is 2.52. The minimum atomic E-state index is -1.40. The van der Waals surface area contributed by atoms with Crippen LogP contribution in [0.15, 0.2) is 30.2 Å². The number of halogens is 1. The fraction of sp³-hybridized carbons (Fsp3) is 0.143. The summed E-state index contributed by atoms with van der Waals surface area (Å²) in [6.07, 6.45) is 2.50. The largest absolute Gasteiger partial charge is 0.477 e. The Morgan fingerprint density at radius 2 is 1.96 bits per heavy atom. The van der Waals surface area contributed by atoms with Crippen molar-refractivity contribution in [2.45, 2.75) is 12.8 Å². The molecule has 1 aliphatic heterocycles. The van der Waals surface area contributed by atoms with Gasteiger partial charge < -0.3 is 5.11 Å². The van der Waals surface area contributed by atoms with Crippen molar-refractivity contribution in [1.29, 1.82) is 0 Å². The summed E-state index contributed by atoms with van der Waals surface area (Å²) < 4.78 is 1.31. The van der Waals surface area contributed by atoms with Gasteiger partial charge in [-0.05, 0) is 34.7 Å². The van der Waals surface area contributed by atoms with Gasteiger partial charge in [0.2, 0.25) is 11.8 Å². The molecule has 0 saturated carbocycles. The number of carbonyl (C=O) groups is 3. The maximum atomic E-state index is 11.8. The molecule has 2 aromatic rings. The van der Waals surface area contributed by atoms with Crippen LogP contribution >= 0.6 is 11.6 Å². The van der Waals surface area contributed by atoms with Crippen LogP contribution in [0.3, 0.4) is 0 Å². The molecule has 2 amide bonds. The van der Waals surface area contributed by atoms with Crippen molar-refractivity contribution in [2.24, 2.45) is 0 Å². The van der Waals surface area contributed by atoms with Crippen LogP contribution in [0.4, 0.5) is 0 Å². The Labute approximate surface area is 140 Å². The number of likely N-dealkylation sites (tertiary alicyclic amines) is 1. The lowest BCUT2D eigenvalue weighted by molar-refractivity contribution is -0.143. The van der Waals surface area contributed by atoms with Gasteiger partial charge >= 0.3 is 5.97 Å². The summed E-state index contributed by atoms with van der Waals surface area (Å²) >= 11 is 5.97. The molecule has 10 heteroatoms. The van der Waals surface area contributed by atoms with Gasteiger partial charge in [0.05, 0.1) is 5.69 Å². The molecule has 3 rings (SSSR count). The van der Waals surface area contributed by atoms with Crippen LogP contribution in [-0.4, -0.2) is 48.0 Å². The highest BCUT2D eigenvalue weighted by Gasteiger charge is 2.35. The predicted octanol–water partition coefficient (Wildman–Crippen LogP) is 0.890. The van der Waals surface area contributed by atoms with Gasteiger partial charge in [-0.1, -0.05) is 11.6 Å². The number of hydrogen-bond acceptors (Lipinski definition) is 6. The van der Waals surface area contributed by atoms with Gasteiger partial charge in [0, 0.05) is 23.4 Å². The van der Waals surface area contributed by atoms with Crippen LogP contribution in [-0.2, 0) is 14.4 Å². The number of carboxylic acid groups (broad SMARTS) is 1. The molecule has 0 atom stereocenters. The fourth-order valence-electron chi connectivity index (χ4n) is 2.34. The van der Waals surface area contributed by atoms with E-state index in [1.807, 2.05) is 0 Å². The first-order chi connectivity index (χ1) is 11.5. The monoisotopic (exact) mass is 347 g/mol. The number of aliphatic carboxylic acids is 1. The Balaban J connectivity index is 2.14. The minimum absolute atomic E-state index is 0.0150. The number of rotatable bonds is 4. The number of imide groups is 1. The molecular weight excluding hydrogens is 338 g/mol. The van der Waals surface area contributed by atoms with Gasteiger partial charge in [0.1, 0.15) is 12.0 Å². The Kier molecular flexibility index (Phi) is 4.09. The van der Waals surface area contributed by atoms with Gasteiger partial charge in [-0.2, -0.15) is 4.68 Å². The van der Waals surface area contributed by atoms with Crippen LogP contribution in [0.25, 0.3) is 11.8 Å². The van der Waals surface area contributed by atoms with E-state index in [2.05, 4.69) is 15.5 Å². The molecule has 1 N–H and O–H groups in total. The highest BCUT2D eigenvalue weighted by atomic mass is 35.5. The minimum Gasteiger partial charge on any atom is -0.477 e. The number of aromatic nitrogens is 4. The standard InChI is InChI=1S/C14H10ClN5O4/c15-9-1-2-10(19-7-16-17-18-19)8(5-9)6-11(14(23)24)20-12(21)3-4-13(20)22/h1-2,5-7H,3-4H2,(H,23,24). The van der Waals surface area contributed by atoms with Crippen LogP contribution in [0.2, 0.25) is 5.02 Å². The van der Waals surface area contributed by atoms with Crippen molar-refractivity contribution in [1.82, 2.24) is 25.1 Å². The Hall–Kier alpha value is -3.07. The molecule has 0 unspecified atom stereocenters. The summed E-state index contributed by atoms with van der Waals surface area (Å²) in [4.78, 5) is 35.9. The zero-order valence-corrected chi connectivity index (χ0v) is 12.8. The number of hydrogen-bond donors (Lipinski definition) is 1. The average Bonchev–Trinajstić information content (AvgIpc) is 3.16. The van der Waals surface area contributed by atoms with Gasteiger partial charge in [-0.25, -0.2) is 9.69 Å². The van der Waals surface area contributed by atoms with E-state index in [-0.39, 0.29) is 12.8 Å². The third-order valence-electron chi connectivity index (χ3n) is 3.39. The second-order valence-corrected chi connectivity index (χ2v) is 5.35. The molecule has 24 heavy (non-hydrogen) atoms. The maximum absolute atomic E-state index is 11.8. The molecule has 1 aromatic heterocycles. The lowest BCUT2D eigenvalue weighted by atomic mass is 10.1. The summed E-state index contributed by atoms with van der Waals surface area (Å²) in [5, 5.41) is 20.6. The SMILES string of the molecule is O=C(O)C(=Cc1cc(Cl)ccc1-n1cnnn1)N1C(=O)CCC1=O. The van der Waals surface area contributed by atoms with E-state index in [1.54, 1.807) is 12.1 Å². The Morgan fingerprint density at radius 3 is 2.54 bits per heavy atom. The molecule has 1 saturated heterocycles. The van der Waals surface area contributed by atoms with E-state index in [4.69, 9.17) is 11.6 Å². The van der Waals surface area contributed by atoms with Gasteiger partial charge in [0.25, 0.3) is 0 Å². The van der Waals surface area contributed by atoms with Gasteiger partial charge in [-0.15, -0.1) is 5.10 Å². The zero-order valence-electron chi connectivity index (χ0n) is 12.1. The smallest absolute Gasteiger partial charge is 0.353 e. The predicted molar refractivity (Wildman–Crippen MR) is 80.9 cm³/mol. The molecular formula is C14H10ClN5O4. The number of nitrogens with zero attached hydrogens (tertiary/aromatic N) is 5. The van der Waals surface area contributed by atoms with Crippen LogP contribution in [0.1, 0.15) is 18.4 Å². The number of carbonyl (C=O) groups excluding carboxylic acids is 2. The first-order valence-electron chi connectivity index (χ1n) is 6.81. The van der Waals surface area contributed by atoms with E-state index in [9.17, 15) is 19.5 Å². The molecule has 0 bridgehead atoms. The molecule has 0 aliphatic carbocycles. The molecule has 1 aliphatic rings. The van der Waals surface area contributed by atoms with Crippen molar-refractivity contribution < 1.29 is 19.5 Å². The maximum Gasteiger partial charge on any atom is 0.353 e. The quantitative estimate of drug-likeness (QED) is 0.644. The topological polar surface area (TPSA) is 118 Å². The first kappa shape index (κ1) is 15.8. The van der Waals surface area contributed by atoms with Gasteiger partial charge in [0.15, 0.2) is 0 Å². The molecule has 122 valence electrons. The number of amides is 2. The second-order valence-electron chi connectivity index (χ2n) is 4.92. The lowest BCUT2D eigenvalue weighted by Gasteiger charge is -2.15. The summed E-state index contributed by atoms with van der Waals surface area (Å²) in [5.74, 6) is -2.51.